The number of halogens is 8. The average molecular weight is 402 g/mol. The van der Waals surface area contributed by atoms with Crippen LogP contribution in [0.5, 0.6) is 0 Å². The first-order chi connectivity index (χ1) is 11.7. The van der Waals surface area contributed by atoms with Crippen LogP contribution in [0.3, 0.4) is 0 Å². The SMILES string of the molecule is CCOC(=O)CCC(F)(F)C(F)(F)C(F)(F)C(F)(F)CCC(=O)OCC. The molecule has 0 spiro atoms. The second kappa shape index (κ2) is 8.85. The highest BCUT2D eigenvalue weighted by Gasteiger charge is 2.79. The van der Waals surface area contributed by atoms with Gasteiger partial charge in [-0.25, -0.2) is 0 Å². The van der Waals surface area contributed by atoms with E-state index in [0.717, 1.165) is 0 Å². The molecule has 0 fully saturated rings. The standard InChI is InChI=1S/C14H18F8O4/c1-3-25-9(23)5-7-11(15,16)13(19,20)14(21,22)12(17,18)8-6-10(24)26-4-2/h3-8H2,1-2H3. The van der Waals surface area contributed by atoms with Crippen molar-refractivity contribution in [3.8, 4) is 0 Å². The lowest BCUT2D eigenvalue weighted by molar-refractivity contribution is -0.367. The number of rotatable bonds is 11. The van der Waals surface area contributed by atoms with Crippen molar-refractivity contribution >= 4 is 11.9 Å². The van der Waals surface area contributed by atoms with E-state index in [1.165, 1.54) is 13.8 Å². The number of carbonyl (C=O) groups excluding carboxylic acids is 2. The third kappa shape index (κ3) is 5.44. The Bertz CT molecular complexity index is 449. The van der Waals surface area contributed by atoms with E-state index in [4.69, 9.17) is 0 Å². The molecule has 0 aromatic heterocycles. The molecule has 0 aliphatic rings. The Labute approximate surface area is 143 Å². The predicted octanol–water partition coefficient (Wildman–Crippen LogP) is 4.21. The van der Waals surface area contributed by atoms with E-state index in [-0.39, 0.29) is 13.2 Å². The van der Waals surface area contributed by atoms with Crippen molar-refractivity contribution in [2.45, 2.75) is 63.2 Å². The Morgan fingerprint density at radius 2 is 0.923 bits per heavy atom. The van der Waals surface area contributed by atoms with Gasteiger partial charge in [0.1, 0.15) is 0 Å². The van der Waals surface area contributed by atoms with Gasteiger partial charge in [-0.3, -0.25) is 9.59 Å². The topological polar surface area (TPSA) is 52.6 Å². The summed E-state index contributed by atoms with van der Waals surface area (Å²) in [7, 11) is 0. The third-order valence-corrected chi connectivity index (χ3v) is 3.21. The van der Waals surface area contributed by atoms with E-state index >= 15 is 0 Å². The highest BCUT2D eigenvalue weighted by Crippen LogP contribution is 2.55. The van der Waals surface area contributed by atoms with Crippen LogP contribution in [0.4, 0.5) is 35.1 Å². The maximum Gasteiger partial charge on any atom is 0.378 e. The molecule has 0 saturated carbocycles. The van der Waals surface area contributed by atoms with Crippen molar-refractivity contribution in [3.05, 3.63) is 0 Å². The maximum absolute atomic E-state index is 13.5. The van der Waals surface area contributed by atoms with Gasteiger partial charge in [0.25, 0.3) is 0 Å². The van der Waals surface area contributed by atoms with E-state index in [0.29, 0.717) is 0 Å². The third-order valence-electron chi connectivity index (χ3n) is 3.21. The van der Waals surface area contributed by atoms with Crippen LogP contribution >= 0.6 is 0 Å². The van der Waals surface area contributed by atoms with Crippen LogP contribution in [0, 0.1) is 0 Å². The molecule has 0 bridgehead atoms. The van der Waals surface area contributed by atoms with Crippen LogP contribution in [0.1, 0.15) is 39.5 Å². The summed E-state index contributed by atoms with van der Waals surface area (Å²) in [6.45, 7) is 2.01. The molecule has 0 aromatic rings. The van der Waals surface area contributed by atoms with Crippen molar-refractivity contribution in [1.82, 2.24) is 0 Å². The molecule has 0 aliphatic heterocycles. The number of alkyl halides is 8. The van der Waals surface area contributed by atoms with Crippen molar-refractivity contribution in [3.63, 3.8) is 0 Å². The first-order valence-electron chi connectivity index (χ1n) is 7.48. The minimum Gasteiger partial charge on any atom is -0.466 e. The van der Waals surface area contributed by atoms with Gasteiger partial charge >= 0.3 is 35.6 Å². The first kappa shape index (κ1) is 24.4. The smallest absolute Gasteiger partial charge is 0.378 e. The molecule has 4 nitrogen and oxygen atoms in total. The summed E-state index contributed by atoms with van der Waals surface area (Å²) in [5.41, 5.74) is 0. The molecular weight excluding hydrogens is 384 g/mol. The zero-order chi connectivity index (χ0) is 20.8. The van der Waals surface area contributed by atoms with Gasteiger partial charge in [0.15, 0.2) is 0 Å². The van der Waals surface area contributed by atoms with E-state index in [2.05, 4.69) is 9.47 Å². The Hall–Kier alpha value is -1.62. The molecular formula is C14H18F8O4. The number of hydrogen-bond acceptors (Lipinski definition) is 4. The summed E-state index contributed by atoms with van der Waals surface area (Å²) >= 11 is 0. The molecule has 0 saturated heterocycles. The molecule has 0 aromatic carbocycles. The lowest BCUT2D eigenvalue weighted by atomic mass is 9.93. The fourth-order valence-corrected chi connectivity index (χ4v) is 1.76. The molecule has 0 heterocycles. The number of ether oxygens (including phenoxy) is 2. The fourth-order valence-electron chi connectivity index (χ4n) is 1.76. The summed E-state index contributed by atoms with van der Waals surface area (Å²) < 4.78 is 116. The van der Waals surface area contributed by atoms with Crippen molar-refractivity contribution in [1.29, 1.82) is 0 Å². The largest absolute Gasteiger partial charge is 0.466 e. The Morgan fingerprint density at radius 1 is 0.654 bits per heavy atom. The monoisotopic (exact) mass is 402 g/mol. The average Bonchev–Trinajstić information content (AvgIpc) is 2.51. The minimum absolute atomic E-state index is 0.275. The van der Waals surface area contributed by atoms with Crippen LogP contribution in [0.2, 0.25) is 0 Å². The zero-order valence-corrected chi connectivity index (χ0v) is 13.9. The summed E-state index contributed by atoms with van der Waals surface area (Å²) in [6, 6.07) is 0. The van der Waals surface area contributed by atoms with Crippen molar-refractivity contribution < 1.29 is 54.2 Å². The lowest BCUT2D eigenvalue weighted by Crippen LogP contribution is -2.62. The van der Waals surface area contributed by atoms with E-state index in [1.807, 2.05) is 0 Å². The quantitative estimate of drug-likeness (QED) is 0.384. The molecule has 0 unspecified atom stereocenters. The number of carbonyl (C=O) groups is 2. The lowest BCUT2D eigenvalue weighted by Gasteiger charge is -2.36. The highest BCUT2D eigenvalue weighted by molar-refractivity contribution is 5.69. The Balaban J connectivity index is 5.29. The highest BCUT2D eigenvalue weighted by atomic mass is 19.4. The maximum atomic E-state index is 13.5. The van der Waals surface area contributed by atoms with Crippen LogP contribution in [-0.2, 0) is 19.1 Å². The van der Waals surface area contributed by atoms with Gasteiger partial charge in [0, 0.05) is 12.8 Å². The molecule has 0 atom stereocenters. The van der Waals surface area contributed by atoms with Gasteiger partial charge in [-0.05, 0) is 13.8 Å². The van der Waals surface area contributed by atoms with Gasteiger partial charge in [-0.2, -0.15) is 35.1 Å². The molecule has 0 amide bonds. The Kier molecular flexibility index (Phi) is 8.30. The van der Waals surface area contributed by atoms with E-state index < -0.39 is 61.3 Å². The molecule has 0 N–H and O–H groups in total. The van der Waals surface area contributed by atoms with Gasteiger partial charge in [-0.15, -0.1) is 0 Å². The molecule has 12 heteroatoms. The molecule has 0 rings (SSSR count). The zero-order valence-electron chi connectivity index (χ0n) is 13.9. The number of esters is 2. The van der Waals surface area contributed by atoms with Crippen LogP contribution in [0.15, 0.2) is 0 Å². The van der Waals surface area contributed by atoms with Gasteiger partial charge < -0.3 is 9.47 Å². The van der Waals surface area contributed by atoms with Crippen LogP contribution in [0.25, 0.3) is 0 Å². The predicted molar refractivity (Wildman–Crippen MR) is 71.5 cm³/mol. The molecule has 0 radical (unpaired) electrons. The number of hydrogen-bond donors (Lipinski definition) is 0. The van der Waals surface area contributed by atoms with Crippen molar-refractivity contribution in [2.24, 2.45) is 0 Å². The summed E-state index contributed by atoms with van der Waals surface area (Å²) in [6.07, 6.45) is -6.99. The first-order valence-corrected chi connectivity index (χ1v) is 7.48. The van der Waals surface area contributed by atoms with Gasteiger partial charge in [0.2, 0.25) is 0 Å². The van der Waals surface area contributed by atoms with Crippen LogP contribution in [-0.4, -0.2) is 48.8 Å². The van der Waals surface area contributed by atoms with E-state index in [1.54, 1.807) is 0 Å². The summed E-state index contributed by atoms with van der Waals surface area (Å²) in [5.74, 6) is -27.0. The van der Waals surface area contributed by atoms with Crippen LogP contribution < -0.4 is 0 Å². The van der Waals surface area contributed by atoms with Gasteiger partial charge in [0.05, 0.1) is 26.1 Å². The normalized spacial score (nSPS) is 13.5. The molecule has 154 valence electrons. The van der Waals surface area contributed by atoms with E-state index in [9.17, 15) is 44.7 Å². The second-order valence-electron chi connectivity index (χ2n) is 5.17. The summed E-state index contributed by atoms with van der Waals surface area (Å²) in [4.78, 5) is 21.8. The second-order valence-corrected chi connectivity index (χ2v) is 5.17. The van der Waals surface area contributed by atoms with Gasteiger partial charge in [-0.1, -0.05) is 0 Å². The summed E-state index contributed by atoms with van der Waals surface area (Å²) in [5, 5.41) is 0. The minimum atomic E-state index is -6.48. The Morgan fingerprint density at radius 3 is 1.15 bits per heavy atom. The molecule has 0 aliphatic carbocycles. The van der Waals surface area contributed by atoms with Crippen molar-refractivity contribution in [2.75, 3.05) is 13.2 Å². The fraction of sp³-hybridized carbons (Fsp3) is 0.857. The molecule has 26 heavy (non-hydrogen) atoms.